The summed E-state index contributed by atoms with van der Waals surface area (Å²) in [6, 6.07) is 66.8. The molecule has 0 saturated heterocycles. The van der Waals surface area contributed by atoms with Gasteiger partial charge in [-0.15, -0.1) is 11.3 Å². The van der Waals surface area contributed by atoms with Crippen LogP contribution in [-0.2, 0) is 0 Å². The van der Waals surface area contributed by atoms with Crippen molar-refractivity contribution < 1.29 is 4.74 Å². The predicted octanol–water partition coefficient (Wildman–Crippen LogP) is 16.4. The fourth-order valence-electron chi connectivity index (χ4n) is 10.5. The van der Waals surface area contributed by atoms with Crippen molar-refractivity contribution in [1.29, 1.82) is 0 Å². The van der Waals surface area contributed by atoms with Gasteiger partial charge in [0.25, 0.3) is 0 Å². The highest BCUT2D eigenvalue weighted by atomic mass is 32.1. The number of anilines is 2. The lowest BCUT2D eigenvalue weighted by Crippen LogP contribution is -2.20. The van der Waals surface area contributed by atoms with E-state index >= 15 is 0 Å². The summed E-state index contributed by atoms with van der Waals surface area (Å²) in [4.78, 5) is 2.47. The average molecular weight is 824 g/mol. The second-order valence-electron chi connectivity index (χ2n) is 17.1. The van der Waals surface area contributed by atoms with Crippen molar-refractivity contribution >= 4 is 80.8 Å². The molecule has 3 aliphatic rings. The third kappa shape index (κ3) is 5.99. The molecule has 13 rings (SSSR count). The molecule has 2 aliphatic carbocycles. The number of thiophene rings is 1. The van der Waals surface area contributed by atoms with E-state index in [0.717, 1.165) is 23.5 Å². The van der Waals surface area contributed by atoms with Crippen molar-refractivity contribution in [2.75, 3.05) is 4.90 Å². The third-order valence-electron chi connectivity index (χ3n) is 13.5. The lowest BCUT2D eigenvalue weighted by Gasteiger charge is -2.31. The van der Waals surface area contributed by atoms with E-state index in [9.17, 15) is 0 Å². The number of ether oxygens (including phenoxy) is 1. The van der Waals surface area contributed by atoms with Gasteiger partial charge in [-0.05, 0) is 110 Å². The summed E-state index contributed by atoms with van der Waals surface area (Å²) in [6.07, 6.45) is 15.1. The van der Waals surface area contributed by atoms with Crippen LogP contribution >= 0.6 is 11.3 Å². The van der Waals surface area contributed by atoms with Crippen molar-refractivity contribution in [2.45, 2.75) is 24.4 Å². The molecule has 63 heavy (non-hydrogen) atoms. The smallest absolute Gasteiger partial charge is 0.128 e. The molecule has 0 N–H and O–H groups in total. The van der Waals surface area contributed by atoms with E-state index in [-0.39, 0.29) is 17.9 Å². The Balaban J connectivity index is 0.911. The Morgan fingerprint density at radius 1 is 0.524 bits per heavy atom. The SMILES string of the molecule is C1=CC2Oc3cc4ccccc4cc3C2C=C1c1ccccc1N(C1=CCC(c2cccc3c2sc2ccccc23)C=C1)c1ccc(-c2cccc3c2ccc2ccccc23)cc1. The van der Waals surface area contributed by atoms with E-state index in [1.165, 1.54) is 91.6 Å². The fourth-order valence-corrected chi connectivity index (χ4v) is 11.7. The number of para-hydroxylation sites is 1. The van der Waals surface area contributed by atoms with Gasteiger partial charge in [-0.3, -0.25) is 0 Å². The number of hydrogen-bond donors (Lipinski definition) is 0. The maximum Gasteiger partial charge on any atom is 0.128 e. The van der Waals surface area contributed by atoms with Crippen LogP contribution in [0.4, 0.5) is 11.4 Å². The minimum Gasteiger partial charge on any atom is -0.485 e. The minimum atomic E-state index is -0.0188. The molecule has 0 saturated carbocycles. The highest BCUT2D eigenvalue weighted by Gasteiger charge is 2.34. The molecule has 0 radical (unpaired) electrons. The van der Waals surface area contributed by atoms with Gasteiger partial charge in [-0.2, -0.15) is 0 Å². The molecular weight excluding hydrogens is 783 g/mol. The lowest BCUT2D eigenvalue weighted by molar-refractivity contribution is 0.269. The largest absolute Gasteiger partial charge is 0.485 e. The van der Waals surface area contributed by atoms with Crippen LogP contribution in [0.5, 0.6) is 5.75 Å². The molecule has 0 amide bonds. The predicted molar refractivity (Wildman–Crippen MR) is 268 cm³/mol. The highest BCUT2D eigenvalue weighted by molar-refractivity contribution is 7.26. The Kier molecular flexibility index (Phi) is 8.38. The van der Waals surface area contributed by atoms with Crippen molar-refractivity contribution in [3.8, 4) is 16.9 Å². The zero-order valence-electron chi connectivity index (χ0n) is 34.5. The molecule has 9 aromatic carbocycles. The Bertz CT molecular complexity index is 3600. The van der Waals surface area contributed by atoms with E-state index in [0.29, 0.717) is 0 Å². The second-order valence-corrected chi connectivity index (χ2v) is 18.1. The van der Waals surface area contributed by atoms with E-state index in [1.54, 1.807) is 0 Å². The Morgan fingerprint density at radius 3 is 2.13 bits per heavy atom. The van der Waals surface area contributed by atoms with Crippen LogP contribution in [0.3, 0.4) is 0 Å². The first-order chi connectivity index (χ1) is 31.2. The van der Waals surface area contributed by atoms with Gasteiger partial charge in [0.05, 0.1) is 5.69 Å². The fraction of sp³-hybridized carbons (Fsp3) is 0.0667. The molecule has 10 aromatic rings. The maximum absolute atomic E-state index is 6.57. The summed E-state index contributed by atoms with van der Waals surface area (Å²) in [7, 11) is 0. The minimum absolute atomic E-state index is 0.0188. The van der Waals surface area contributed by atoms with E-state index in [1.807, 2.05) is 11.3 Å². The first-order valence-electron chi connectivity index (χ1n) is 22.0. The summed E-state index contributed by atoms with van der Waals surface area (Å²) >= 11 is 1.92. The lowest BCUT2D eigenvalue weighted by atomic mass is 9.85. The number of fused-ring (bicyclic) bond motifs is 10. The normalized spacial score (nSPS) is 17.8. The standard InChI is InChI=1S/C60H41NOS/c1-2-13-42-37-58-55(35-41(42)12-1)54-36-43(28-34-57(54)62-58)48-15-5-7-21-56(48)61(45-31-25-40(26-32-45)49-18-10-20-53-52-16-6-8-22-59(52)63-60(49)53)44-29-23-39(24-30-44)47-17-9-19-50-46-14-4-3-11-38(46)27-33-51(47)50/h1-25,27-37,40,54,57H,26H2. The van der Waals surface area contributed by atoms with Gasteiger partial charge in [0.2, 0.25) is 0 Å². The number of allylic oxidation sites excluding steroid dienone is 5. The van der Waals surface area contributed by atoms with Gasteiger partial charge < -0.3 is 9.64 Å². The zero-order valence-corrected chi connectivity index (χ0v) is 35.3. The molecule has 3 atom stereocenters. The van der Waals surface area contributed by atoms with E-state index in [2.05, 4.69) is 223 Å². The van der Waals surface area contributed by atoms with Crippen molar-refractivity contribution in [2.24, 2.45) is 0 Å². The van der Waals surface area contributed by atoms with Gasteiger partial charge in [-0.25, -0.2) is 0 Å². The van der Waals surface area contributed by atoms with Crippen molar-refractivity contribution in [3.63, 3.8) is 0 Å². The maximum atomic E-state index is 6.57. The number of benzene rings is 9. The topological polar surface area (TPSA) is 12.5 Å². The molecule has 1 aliphatic heterocycles. The summed E-state index contributed by atoms with van der Waals surface area (Å²) in [6.45, 7) is 0. The molecule has 2 heterocycles. The molecule has 0 spiro atoms. The van der Waals surface area contributed by atoms with Crippen LogP contribution in [0.15, 0.2) is 224 Å². The molecule has 2 nitrogen and oxygen atoms in total. The summed E-state index contributed by atoms with van der Waals surface area (Å²) < 4.78 is 9.31. The van der Waals surface area contributed by atoms with Crippen molar-refractivity contribution in [3.05, 3.63) is 241 Å². The number of hydrogen-bond acceptors (Lipinski definition) is 3. The summed E-state index contributed by atoms with van der Waals surface area (Å²) in [5.41, 5.74) is 10.9. The van der Waals surface area contributed by atoms with Gasteiger partial charge in [0, 0.05) is 54.5 Å². The monoisotopic (exact) mass is 823 g/mol. The van der Waals surface area contributed by atoms with Crippen LogP contribution in [-0.4, -0.2) is 6.10 Å². The van der Waals surface area contributed by atoms with Crippen LogP contribution in [0, 0.1) is 0 Å². The van der Waals surface area contributed by atoms with Crippen LogP contribution in [0.1, 0.15) is 34.9 Å². The zero-order chi connectivity index (χ0) is 41.4. The van der Waals surface area contributed by atoms with Crippen LogP contribution in [0.25, 0.3) is 69.2 Å². The Morgan fingerprint density at radius 2 is 1.25 bits per heavy atom. The summed E-state index contributed by atoms with van der Waals surface area (Å²) in [5, 5.41) is 10.2. The van der Waals surface area contributed by atoms with E-state index < -0.39 is 0 Å². The average Bonchev–Trinajstić information content (AvgIpc) is 3.91. The summed E-state index contributed by atoms with van der Waals surface area (Å²) in [5.74, 6) is 1.40. The first-order valence-corrected chi connectivity index (χ1v) is 22.8. The molecule has 3 heteroatoms. The second kappa shape index (κ2) is 14.6. The molecule has 298 valence electrons. The van der Waals surface area contributed by atoms with Gasteiger partial charge in [-0.1, -0.05) is 170 Å². The molecular formula is C60H41NOS. The molecule has 1 aromatic heterocycles. The van der Waals surface area contributed by atoms with Gasteiger partial charge in [0.1, 0.15) is 11.9 Å². The quantitative estimate of drug-likeness (QED) is 0.155. The van der Waals surface area contributed by atoms with Crippen LogP contribution < -0.4 is 9.64 Å². The third-order valence-corrected chi connectivity index (χ3v) is 14.8. The molecule has 3 unspecified atom stereocenters. The Hall–Kier alpha value is -7.46. The van der Waals surface area contributed by atoms with Gasteiger partial charge >= 0.3 is 0 Å². The number of nitrogens with zero attached hydrogens (tertiary/aromatic N) is 1. The first kappa shape index (κ1) is 36.2. The Labute approximate surface area is 370 Å². The highest BCUT2D eigenvalue weighted by Crippen LogP contribution is 2.48. The molecule has 0 bridgehead atoms. The van der Waals surface area contributed by atoms with E-state index in [4.69, 9.17) is 4.74 Å². The van der Waals surface area contributed by atoms with Crippen molar-refractivity contribution in [1.82, 2.24) is 0 Å². The molecule has 0 fully saturated rings. The number of rotatable bonds is 6. The van der Waals surface area contributed by atoms with Gasteiger partial charge in [0.15, 0.2) is 0 Å². The van der Waals surface area contributed by atoms with Crippen LogP contribution in [0.2, 0.25) is 0 Å².